The first-order valence-corrected chi connectivity index (χ1v) is 8.30. The van der Waals surface area contributed by atoms with Gasteiger partial charge in [0.15, 0.2) is 0 Å². The smallest absolute Gasteiger partial charge is 0.227 e. The summed E-state index contributed by atoms with van der Waals surface area (Å²) in [6.45, 7) is 2.92. The molecule has 24 heavy (non-hydrogen) atoms. The minimum Gasteiger partial charge on any atom is -0.324 e. The number of nitrogens with zero attached hydrogens (tertiary/aromatic N) is 3. The number of nitrogens with one attached hydrogen (secondary N) is 1. The van der Waals surface area contributed by atoms with Gasteiger partial charge in [-0.3, -0.25) is 4.90 Å². The van der Waals surface area contributed by atoms with E-state index < -0.39 is 0 Å². The van der Waals surface area contributed by atoms with Gasteiger partial charge in [0, 0.05) is 43.5 Å². The maximum atomic E-state index is 4.70. The molecule has 0 radical (unpaired) electrons. The van der Waals surface area contributed by atoms with Crippen LogP contribution in [0, 0.1) is 0 Å². The molecule has 2 heterocycles. The van der Waals surface area contributed by atoms with Gasteiger partial charge in [0.2, 0.25) is 5.95 Å². The van der Waals surface area contributed by atoms with E-state index in [9.17, 15) is 0 Å². The number of anilines is 2. The zero-order valence-corrected chi connectivity index (χ0v) is 13.5. The highest BCUT2D eigenvalue weighted by Gasteiger charge is 2.18. The lowest BCUT2D eigenvalue weighted by atomic mass is 10.1. The molecule has 0 aliphatic carbocycles. The molecular weight excluding hydrogens is 296 g/mol. The normalized spacial score (nSPS) is 14.2. The lowest BCUT2D eigenvalue weighted by Gasteiger charge is -2.28. The van der Waals surface area contributed by atoms with Crippen LogP contribution in [0.2, 0.25) is 0 Å². The minimum absolute atomic E-state index is 0.677. The SMILES string of the molecule is c1ccc(CN2CCc3nc(Nc4ccccc4)ncc3C2)cc1. The monoisotopic (exact) mass is 316 g/mol. The largest absolute Gasteiger partial charge is 0.324 e. The van der Waals surface area contributed by atoms with Crippen molar-refractivity contribution in [1.29, 1.82) is 0 Å². The van der Waals surface area contributed by atoms with Crippen LogP contribution in [-0.4, -0.2) is 21.4 Å². The fourth-order valence-electron chi connectivity index (χ4n) is 3.06. The van der Waals surface area contributed by atoms with Crippen molar-refractivity contribution in [2.45, 2.75) is 19.5 Å². The number of hydrogen-bond acceptors (Lipinski definition) is 4. The van der Waals surface area contributed by atoms with Crippen LogP contribution < -0.4 is 5.32 Å². The van der Waals surface area contributed by atoms with Gasteiger partial charge in [-0.1, -0.05) is 48.5 Å². The maximum absolute atomic E-state index is 4.70. The Labute approximate surface area is 142 Å². The average molecular weight is 316 g/mol. The molecule has 0 atom stereocenters. The summed E-state index contributed by atoms with van der Waals surface area (Å²) in [7, 11) is 0. The summed E-state index contributed by atoms with van der Waals surface area (Å²) in [5.74, 6) is 0.677. The molecule has 120 valence electrons. The highest BCUT2D eigenvalue weighted by atomic mass is 15.2. The summed E-state index contributed by atoms with van der Waals surface area (Å²) in [5.41, 5.74) is 4.76. The first kappa shape index (κ1) is 14.8. The van der Waals surface area contributed by atoms with Crippen molar-refractivity contribution in [3.05, 3.63) is 83.7 Å². The van der Waals surface area contributed by atoms with Crippen LogP contribution in [0.1, 0.15) is 16.8 Å². The standard InChI is InChI=1S/C20H20N4/c1-3-7-16(8-4-1)14-24-12-11-19-17(15-24)13-21-20(23-19)22-18-9-5-2-6-10-18/h1-10,13H,11-12,14-15H2,(H,21,22,23). The third kappa shape index (κ3) is 3.44. The van der Waals surface area contributed by atoms with Crippen LogP contribution in [0.3, 0.4) is 0 Å². The summed E-state index contributed by atoms with van der Waals surface area (Å²) in [6.07, 6.45) is 2.93. The van der Waals surface area contributed by atoms with E-state index in [1.54, 1.807) is 0 Å². The maximum Gasteiger partial charge on any atom is 0.227 e. The predicted molar refractivity (Wildman–Crippen MR) is 96.0 cm³/mol. The van der Waals surface area contributed by atoms with E-state index in [-0.39, 0.29) is 0 Å². The zero-order valence-electron chi connectivity index (χ0n) is 13.5. The summed E-state index contributed by atoms with van der Waals surface area (Å²) in [4.78, 5) is 11.6. The van der Waals surface area contributed by atoms with Crippen LogP contribution >= 0.6 is 0 Å². The number of hydrogen-bond donors (Lipinski definition) is 1. The fourth-order valence-corrected chi connectivity index (χ4v) is 3.06. The number of benzene rings is 2. The van der Waals surface area contributed by atoms with E-state index in [0.29, 0.717) is 5.95 Å². The molecule has 0 spiro atoms. The summed E-state index contributed by atoms with van der Waals surface area (Å²) in [6, 6.07) is 20.6. The second kappa shape index (κ2) is 6.81. The Morgan fingerprint density at radius 3 is 2.50 bits per heavy atom. The molecule has 0 fully saturated rings. The van der Waals surface area contributed by atoms with Crippen molar-refractivity contribution < 1.29 is 0 Å². The van der Waals surface area contributed by atoms with Gasteiger partial charge in [-0.05, 0) is 17.7 Å². The van der Waals surface area contributed by atoms with Crippen LogP contribution in [0.15, 0.2) is 66.9 Å². The number of rotatable bonds is 4. The zero-order chi connectivity index (χ0) is 16.2. The molecule has 2 aromatic carbocycles. The van der Waals surface area contributed by atoms with E-state index in [1.165, 1.54) is 11.1 Å². The molecular formula is C20H20N4. The van der Waals surface area contributed by atoms with Gasteiger partial charge in [0.05, 0.1) is 5.69 Å². The van der Waals surface area contributed by atoms with Crippen LogP contribution in [0.4, 0.5) is 11.6 Å². The first-order chi connectivity index (χ1) is 11.9. The lowest BCUT2D eigenvalue weighted by molar-refractivity contribution is 0.243. The Morgan fingerprint density at radius 2 is 1.71 bits per heavy atom. The van der Waals surface area contributed by atoms with Crippen molar-refractivity contribution in [2.75, 3.05) is 11.9 Å². The third-order valence-corrected chi connectivity index (χ3v) is 4.29. The van der Waals surface area contributed by atoms with Crippen molar-refractivity contribution in [2.24, 2.45) is 0 Å². The van der Waals surface area contributed by atoms with Crippen molar-refractivity contribution >= 4 is 11.6 Å². The molecule has 3 aromatic rings. The predicted octanol–water partition coefficient (Wildman–Crippen LogP) is 3.78. The second-order valence-electron chi connectivity index (χ2n) is 6.10. The van der Waals surface area contributed by atoms with Gasteiger partial charge in [-0.15, -0.1) is 0 Å². The first-order valence-electron chi connectivity index (χ1n) is 8.30. The Morgan fingerprint density at radius 1 is 0.958 bits per heavy atom. The van der Waals surface area contributed by atoms with E-state index in [2.05, 4.69) is 45.5 Å². The molecule has 4 heteroatoms. The number of fused-ring (bicyclic) bond motifs is 1. The quantitative estimate of drug-likeness (QED) is 0.795. The molecule has 1 aliphatic heterocycles. The molecule has 4 rings (SSSR count). The van der Waals surface area contributed by atoms with Crippen LogP contribution in [0.5, 0.6) is 0 Å². The van der Waals surface area contributed by atoms with Gasteiger partial charge >= 0.3 is 0 Å². The van der Waals surface area contributed by atoms with Gasteiger partial charge < -0.3 is 5.32 Å². The summed E-state index contributed by atoms with van der Waals surface area (Å²) in [5, 5.41) is 3.27. The number of aromatic nitrogens is 2. The molecule has 0 bridgehead atoms. The van der Waals surface area contributed by atoms with Crippen LogP contribution in [0.25, 0.3) is 0 Å². The van der Waals surface area contributed by atoms with Crippen molar-refractivity contribution in [1.82, 2.24) is 14.9 Å². The second-order valence-corrected chi connectivity index (χ2v) is 6.10. The molecule has 0 saturated carbocycles. The number of para-hydroxylation sites is 1. The van der Waals surface area contributed by atoms with Gasteiger partial charge in [-0.2, -0.15) is 0 Å². The molecule has 1 N–H and O–H groups in total. The summed E-state index contributed by atoms with van der Waals surface area (Å²) >= 11 is 0. The van der Waals surface area contributed by atoms with E-state index in [4.69, 9.17) is 4.98 Å². The van der Waals surface area contributed by atoms with Crippen molar-refractivity contribution in [3.63, 3.8) is 0 Å². The fraction of sp³-hybridized carbons (Fsp3) is 0.200. The Balaban J connectivity index is 1.45. The highest BCUT2D eigenvalue weighted by molar-refractivity contribution is 5.52. The topological polar surface area (TPSA) is 41.1 Å². The highest BCUT2D eigenvalue weighted by Crippen LogP contribution is 2.21. The van der Waals surface area contributed by atoms with Gasteiger partial charge in [0.1, 0.15) is 0 Å². The molecule has 4 nitrogen and oxygen atoms in total. The Bertz CT molecular complexity index is 802. The molecule has 0 unspecified atom stereocenters. The molecule has 1 aliphatic rings. The third-order valence-electron chi connectivity index (χ3n) is 4.29. The Hall–Kier alpha value is -2.72. The van der Waals surface area contributed by atoms with Crippen LogP contribution in [-0.2, 0) is 19.5 Å². The van der Waals surface area contributed by atoms with E-state index in [1.807, 2.05) is 36.5 Å². The Kier molecular flexibility index (Phi) is 4.21. The van der Waals surface area contributed by atoms with Crippen molar-refractivity contribution in [3.8, 4) is 0 Å². The van der Waals surface area contributed by atoms with Gasteiger partial charge in [-0.25, -0.2) is 9.97 Å². The summed E-state index contributed by atoms with van der Waals surface area (Å²) < 4.78 is 0. The van der Waals surface area contributed by atoms with E-state index in [0.717, 1.165) is 37.4 Å². The molecule has 0 amide bonds. The minimum atomic E-state index is 0.677. The van der Waals surface area contributed by atoms with E-state index >= 15 is 0 Å². The molecule has 1 aromatic heterocycles. The lowest BCUT2D eigenvalue weighted by Crippen LogP contribution is -2.31. The average Bonchev–Trinajstić information content (AvgIpc) is 2.64. The molecule has 0 saturated heterocycles. The van der Waals surface area contributed by atoms with Gasteiger partial charge in [0.25, 0.3) is 0 Å².